The second kappa shape index (κ2) is 3.32. The molecule has 0 rings (SSSR count). The summed E-state index contributed by atoms with van der Waals surface area (Å²) in [5, 5.41) is 8.19. The van der Waals surface area contributed by atoms with Gasteiger partial charge in [-0.1, -0.05) is 0 Å². The Balaban J connectivity index is 3.92. The van der Waals surface area contributed by atoms with Crippen LogP contribution in [-0.4, -0.2) is 29.3 Å². The lowest BCUT2D eigenvalue weighted by Gasteiger charge is -2.13. The zero-order valence-corrected chi connectivity index (χ0v) is 6.26. The van der Waals surface area contributed by atoms with E-state index >= 15 is 0 Å². The number of alkyl halides is 1. The van der Waals surface area contributed by atoms with Crippen molar-refractivity contribution < 1.29 is 23.8 Å². The summed E-state index contributed by atoms with van der Waals surface area (Å²) in [6.07, 6.45) is 0. The number of hydrogen-bond donors (Lipinski definition) is 1. The van der Waals surface area contributed by atoms with Gasteiger partial charge in [0.15, 0.2) is 0 Å². The number of carbonyl (C=O) groups is 2. The van der Waals surface area contributed by atoms with Crippen molar-refractivity contribution in [2.24, 2.45) is 0 Å². The van der Waals surface area contributed by atoms with E-state index in [9.17, 15) is 14.0 Å². The highest BCUT2D eigenvalue weighted by molar-refractivity contribution is 5.77. The molecule has 5 heteroatoms. The zero-order valence-electron chi connectivity index (χ0n) is 6.26. The molecule has 11 heavy (non-hydrogen) atoms. The Morgan fingerprint density at radius 3 is 2.36 bits per heavy atom. The van der Waals surface area contributed by atoms with Crippen LogP contribution in [0.4, 0.5) is 4.39 Å². The van der Waals surface area contributed by atoms with Gasteiger partial charge in [0.25, 0.3) is 0 Å². The van der Waals surface area contributed by atoms with Crippen LogP contribution in [0.1, 0.15) is 13.8 Å². The van der Waals surface area contributed by atoms with Crippen LogP contribution in [0.15, 0.2) is 0 Å². The lowest BCUT2D eigenvalue weighted by Crippen LogP contribution is -2.35. The minimum atomic E-state index is -2.49. The van der Waals surface area contributed by atoms with Crippen molar-refractivity contribution in [3.63, 3.8) is 0 Å². The number of hydrogen-bond acceptors (Lipinski definition) is 3. The summed E-state index contributed by atoms with van der Waals surface area (Å²) < 4.78 is 16.9. The smallest absolute Gasteiger partial charge is 0.344 e. The van der Waals surface area contributed by atoms with Gasteiger partial charge in [0.1, 0.15) is 6.61 Å². The van der Waals surface area contributed by atoms with Gasteiger partial charge in [-0.25, -0.2) is 9.18 Å². The van der Waals surface area contributed by atoms with Crippen molar-refractivity contribution in [1.82, 2.24) is 0 Å². The third-order valence-corrected chi connectivity index (χ3v) is 0.992. The molecule has 0 aliphatic heterocycles. The van der Waals surface area contributed by atoms with Crippen molar-refractivity contribution in [2.75, 3.05) is 6.61 Å². The van der Waals surface area contributed by atoms with Crippen LogP contribution in [0.5, 0.6) is 0 Å². The van der Waals surface area contributed by atoms with Crippen LogP contribution in [0.25, 0.3) is 0 Å². The van der Waals surface area contributed by atoms with Gasteiger partial charge in [0.2, 0.25) is 5.67 Å². The molecule has 0 aromatic rings. The van der Waals surface area contributed by atoms with Crippen LogP contribution in [-0.2, 0) is 14.3 Å². The Bertz CT molecular complexity index is 175. The van der Waals surface area contributed by atoms with Crippen molar-refractivity contribution in [3.05, 3.63) is 0 Å². The van der Waals surface area contributed by atoms with Gasteiger partial charge >= 0.3 is 11.9 Å². The predicted octanol–water partition coefficient (Wildman–Crippen LogP) is 0.362. The van der Waals surface area contributed by atoms with E-state index in [-0.39, 0.29) is 0 Å². The molecule has 0 fully saturated rings. The fraction of sp³-hybridized carbons (Fsp3) is 0.667. The van der Waals surface area contributed by atoms with Gasteiger partial charge in [-0.15, -0.1) is 0 Å². The number of rotatable bonds is 3. The van der Waals surface area contributed by atoms with Crippen LogP contribution < -0.4 is 0 Å². The molecule has 0 bridgehead atoms. The molecule has 0 aromatic carbocycles. The van der Waals surface area contributed by atoms with Crippen molar-refractivity contribution in [2.45, 2.75) is 19.5 Å². The molecule has 0 heterocycles. The molecule has 0 saturated heterocycles. The van der Waals surface area contributed by atoms with Crippen LogP contribution in [0.3, 0.4) is 0 Å². The molecule has 0 saturated carbocycles. The fourth-order valence-corrected chi connectivity index (χ4v) is 0.299. The minimum absolute atomic E-state index is 0.699. The summed E-state index contributed by atoms with van der Waals surface area (Å²) in [7, 11) is 0. The standard InChI is InChI=1S/C6H9FO4/c1-4(8)11-3-6(2,7)5(9)10/h3H2,1-2H3,(H,9,10). The minimum Gasteiger partial charge on any atom is -0.479 e. The topological polar surface area (TPSA) is 63.6 Å². The van der Waals surface area contributed by atoms with E-state index in [2.05, 4.69) is 4.74 Å². The molecule has 0 radical (unpaired) electrons. The number of esters is 1. The quantitative estimate of drug-likeness (QED) is 0.612. The van der Waals surface area contributed by atoms with Crippen LogP contribution in [0, 0.1) is 0 Å². The molecule has 0 spiro atoms. The van der Waals surface area contributed by atoms with E-state index in [1.165, 1.54) is 0 Å². The molecular weight excluding hydrogens is 155 g/mol. The molecule has 0 aliphatic rings. The van der Waals surface area contributed by atoms with Gasteiger partial charge in [0, 0.05) is 6.92 Å². The van der Waals surface area contributed by atoms with Crippen molar-refractivity contribution in [1.29, 1.82) is 0 Å². The molecule has 0 aliphatic carbocycles. The summed E-state index contributed by atoms with van der Waals surface area (Å²) in [5.74, 6) is -2.34. The van der Waals surface area contributed by atoms with Crippen molar-refractivity contribution in [3.8, 4) is 0 Å². The van der Waals surface area contributed by atoms with Gasteiger partial charge in [-0.05, 0) is 6.92 Å². The summed E-state index contributed by atoms with van der Waals surface area (Å²) >= 11 is 0. The SMILES string of the molecule is CC(=O)OCC(C)(F)C(=O)O. The van der Waals surface area contributed by atoms with Gasteiger partial charge in [0.05, 0.1) is 0 Å². The maximum Gasteiger partial charge on any atom is 0.344 e. The first-order valence-electron chi connectivity index (χ1n) is 2.92. The first kappa shape index (κ1) is 9.87. The molecule has 4 nitrogen and oxygen atoms in total. The first-order chi connectivity index (χ1) is 4.86. The highest BCUT2D eigenvalue weighted by Crippen LogP contribution is 2.10. The molecule has 1 N–H and O–H groups in total. The molecule has 0 amide bonds. The average Bonchev–Trinajstić information content (AvgIpc) is 1.84. The summed E-state index contributed by atoms with van der Waals surface area (Å²) in [5.41, 5.74) is -2.49. The van der Waals surface area contributed by atoms with E-state index in [4.69, 9.17) is 5.11 Å². The lowest BCUT2D eigenvalue weighted by molar-refractivity contribution is -0.158. The largest absolute Gasteiger partial charge is 0.479 e. The normalized spacial score (nSPS) is 15.2. The lowest BCUT2D eigenvalue weighted by atomic mass is 10.1. The molecular formula is C6H9FO4. The number of halogens is 1. The van der Waals surface area contributed by atoms with E-state index in [0.717, 1.165) is 13.8 Å². The van der Waals surface area contributed by atoms with E-state index in [0.29, 0.717) is 0 Å². The van der Waals surface area contributed by atoms with Crippen LogP contribution in [0.2, 0.25) is 0 Å². The maximum absolute atomic E-state index is 12.7. The molecule has 0 aromatic heterocycles. The average molecular weight is 164 g/mol. The number of ether oxygens (including phenoxy) is 1. The number of carbonyl (C=O) groups excluding carboxylic acids is 1. The highest BCUT2D eigenvalue weighted by atomic mass is 19.1. The van der Waals surface area contributed by atoms with Crippen molar-refractivity contribution >= 4 is 11.9 Å². The zero-order chi connectivity index (χ0) is 9.07. The Hall–Kier alpha value is -1.13. The van der Waals surface area contributed by atoms with Gasteiger partial charge in [-0.3, -0.25) is 4.79 Å². The second-order valence-electron chi connectivity index (χ2n) is 2.28. The van der Waals surface area contributed by atoms with E-state index in [1.54, 1.807) is 0 Å². The molecule has 1 unspecified atom stereocenters. The third-order valence-electron chi connectivity index (χ3n) is 0.992. The van der Waals surface area contributed by atoms with E-state index < -0.39 is 24.2 Å². The highest BCUT2D eigenvalue weighted by Gasteiger charge is 2.34. The summed E-state index contributed by atoms with van der Waals surface area (Å²) in [6, 6.07) is 0. The third kappa shape index (κ3) is 3.54. The fourth-order valence-electron chi connectivity index (χ4n) is 0.299. The Labute approximate surface area is 63.0 Å². The number of carboxylic acid groups (broad SMARTS) is 1. The summed E-state index contributed by atoms with van der Waals surface area (Å²) in [6.45, 7) is 1.16. The monoisotopic (exact) mass is 164 g/mol. The maximum atomic E-state index is 12.7. The van der Waals surface area contributed by atoms with Crippen LogP contribution >= 0.6 is 0 Å². The molecule has 1 atom stereocenters. The second-order valence-corrected chi connectivity index (χ2v) is 2.28. The number of aliphatic carboxylic acids is 1. The number of carboxylic acids is 1. The first-order valence-corrected chi connectivity index (χ1v) is 2.92. The Kier molecular flexibility index (Phi) is 2.98. The Morgan fingerprint density at radius 2 is 2.09 bits per heavy atom. The van der Waals surface area contributed by atoms with E-state index in [1.807, 2.05) is 0 Å². The predicted molar refractivity (Wildman–Crippen MR) is 33.8 cm³/mol. The summed E-state index contributed by atoms with van der Waals surface area (Å²) in [4.78, 5) is 20.2. The van der Waals surface area contributed by atoms with Gasteiger partial charge in [-0.2, -0.15) is 0 Å². The Morgan fingerprint density at radius 1 is 1.64 bits per heavy atom. The molecule has 64 valence electrons. The van der Waals surface area contributed by atoms with Gasteiger partial charge < -0.3 is 9.84 Å².